The molecule has 6 nitrogen and oxygen atoms in total. The van der Waals surface area contributed by atoms with E-state index in [0.717, 1.165) is 51.4 Å². The molecular weight excluding hydrogens is 705 g/mol. The zero-order chi connectivity index (χ0) is 37.4. The minimum absolute atomic E-state index is 0.229. The van der Waals surface area contributed by atoms with Crippen molar-refractivity contribution in [1.29, 1.82) is 0 Å². The van der Waals surface area contributed by atoms with Crippen molar-refractivity contribution >= 4 is 41.2 Å². The molecule has 0 aliphatic heterocycles. The Morgan fingerprint density at radius 3 is 0.920 bits per heavy atom. The highest BCUT2D eigenvalue weighted by Crippen LogP contribution is 2.50. The van der Waals surface area contributed by atoms with Crippen molar-refractivity contribution in [3.05, 3.63) is 0 Å². The third-order valence-electron chi connectivity index (χ3n) is 9.35. The van der Waals surface area contributed by atoms with E-state index in [4.69, 9.17) is 28.4 Å². The summed E-state index contributed by atoms with van der Waals surface area (Å²) < 4.78 is 37.8. The van der Waals surface area contributed by atoms with E-state index in [1.54, 1.807) is 0 Å². The minimum Gasteiger partial charge on any atom is -0.328 e. The Kier molecular flexibility index (Phi) is 35.4. The number of unbranched alkanes of at least 4 members (excludes halogenated alkanes) is 8. The van der Waals surface area contributed by atoms with Crippen LogP contribution < -0.4 is 0 Å². The number of ether oxygens (including phenoxy) is 6. The van der Waals surface area contributed by atoms with Crippen LogP contribution in [-0.4, -0.2) is 62.1 Å². The Morgan fingerprint density at radius 1 is 0.360 bits per heavy atom. The fourth-order valence-electron chi connectivity index (χ4n) is 6.71. The van der Waals surface area contributed by atoms with Crippen LogP contribution >= 0.6 is 41.2 Å². The maximum atomic E-state index is 6.30. The molecule has 4 atom stereocenters. The summed E-state index contributed by atoms with van der Waals surface area (Å²) in [6, 6.07) is 0. The largest absolute Gasteiger partial charge is 0.328 e. The van der Waals surface area contributed by atoms with Crippen molar-refractivity contribution < 1.29 is 28.4 Å². The monoisotopic (exact) mass is 786 g/mol. The van der Waals surface area contributed by atoms with Crippen molar-refractivity contribution in [2.24, 2.45) is 11.8 Å². The molecule has 0 spiro atoms. The third kappa shape index (κ3) is 21.9. The summed E-state index contributed by atoms with van der Waals surface area (Å²) in [5, 5.41) is 1.17. The van der Waals surface area contributed by atoms with Crippen LogP contribution in [0.5, 0.6) is 0 Å². The summed E-state index contributed by atoms with van der Waals surface area (Å²) in [6.07, 6.45) is 21.5. The molecule has 0 saturated heterocycles. The summed E-state index contributed by atoms with van der Waals surface area (Å²) >= 11 is 0. The van der Waals surface area contributed by atoms with E-state index in [0.29, 0.717) is 50.1 Å². The van der Waals surface area contributed by atoms with E-state index in [1.807, 2.05) is 82.8 Å². The van der Waals surface area contributed by atoms with Crippen molar-refractivity contribution in [2.45, 2.75) is 207 Å². The van der Waals surface area contributed by atoms with Crippen molar-refractivity contribution in [1.82, 2.24) is 0 Å². The Balaban J connectivity index is 5.34. The van der Waals surface area contributed by atoms with E-state index in [9.17, 15) is 0 Å². The van der Waals surface area contributed by atoms with Gasteiger partial charge in [-0.1, -0.05) is 113 Å². The Labute approximate surface area is 326 Å². The Bertz CT molecular complexity index is 629. The minimum atomic E-state index is -0.935. The molecule has 0 aliphatic rings. The summed E-state index contributed by atoms with van der Waals surface area (Å²) in [4.78, 5) is 0. The second-order valence-corrected chi connectivity index (χ2v) is 19.6. The summed E-state index contributed by atoms with van der Waals surface area (Å²) in [5.41, 5.74) is 0. The second-order valence-electron chi connectivity index (χ2n) is 13.1. The van der Waals surface area contributed by atoms with Crippen molar-refractivity contribution in [2.75, 3.05) is 39.6 Å². The predicted molar refractivity (Wildman–Crippen MR) is 226 cm³/mol. The first-order valence-electron chi connectivity index (χ1n) is 20.8. The van der Waals surface area contributed by atoms with Crippen LogP contribution in [0.25, 0.3) is 0 Å². The van der Waals surface area contributed by atoms with Gasteiger partial charge in [0.25, 0.3) is 11.9 Å². The van der Waals surface area contributed by atoms with Gasteiger partial charge in [-0.05, 0) is 113 Å². The van der Waals surface area contributed by atoms with Crippen LogP contribution in [0.2, 0.25) is 0 Å². The molecule has 0 heterocycles. The molecule has 0 aromatic carbocycles. The van der Waals surface area contributed by atoms with Gasteiger partial charge in [0.05, 0.1) is 0 Å². The van der Waals surface area contributed by atoms with Crippen LogP contribution in [0.1, 0.15) is 185 Å². The number of rotatable bonds is 39. The summed E-state index contributed by atoms with van der Waals surface area (Å²) in [5.74, 6) is -1.41. The fourth-order valence-corrected chi connectivity index (χ4v) is 14.3. The van der Waals surface area contributed by atoms with Crippen LogP contribution in [0.3, 0.4) is 0 Å². The molecule has 0 N–H and O–H groups in total. The molecule has 0 aliphatic carbocycles. The highest BCUT2D eigenvalue weighted by Gasteiger charge is 2.43. The van der Waals surface area contributed by atoms with E-state index >= 15 is 0 Å². The van der Waals surface area contributed by atoms with E-state index in [-0.39, 0.29) is 11.8 Å². The lowest BCUT2D eigenvalue weighted by Gasteiger charge is -2.39. The van der Waals surface area contributed by atoms with Gasteiger partial charge < -0.3 is 28.4 Å². The highest BCUT2D eigenvalue weighted by molar-refractivity contribution is 9.26. The topological polar surface area (TPSA) is 55.4 Å². The molecule has 0 saturated carbocycles. The van der Waals surface area contributed by atoms with E-state index in [1.165, 1.54) is 64.2 Å². The number of hydrogen-bond donors (Lipinski definition) is 0. The van der Waals surface area contributed by atoms with Gasteiger partial charge in [-0.3, -0.25) is 0 Å². The van der Waals surface area contributed by atoms with Crippen LogP contribution in [0, 0.1) is 11.8 Å². The molecule has 0 aromatic rings. The van der Waals surface area contributed by atoms with Crippen molar-refractivity contribution in [3.63, 3.8) is 0 Å². The highest BCUT2D eigenvalue weighted by atomic mass is 33.7. The SMILES string of the molecule is CCCCCCCC(CCC(CC)SSSSC(CC)CCC(CCCCCCC)C(OCC)(OCC)OCC)C(OCC)(OCC)OCC. The Hall–Kier alpha value is 1.16. The smallest absolute Gasteiger partial charge is 0.285 e. The average Bonchev–Trinajstić information content (AvgIpc) is 3.10. The summed E-state index contributed by atoms with van der Waals surface area (Å²) in [7, 11) is 8.01. The lowest BCUT2D eigenvalue weighted by atomic mass is 9.91. The maximum Gasteiger partial charge on any atom is 0.285 e. The van der Waals surface area contributed by atoms with Crippen LogP contribution in [-0.2, 0) is 28.4 Å². The lowest BCUT2D eigenvalue weighted by molar-refractivity contribution is -0.403. The van der Waals surface area contributed by atoms with Crippen LogP contribution in [0.15, 0.2) is 0 Å². The number of hydrogen-bond acceptors (Lipinski definition) is 10. The molecule has 0 radical (unpaired) electrons. The van der Waals surface area contributed by atoms with Gasteiger partial charge in [0, 0.05) is 62.0 Å². The van der Waals surface area contributed by atoms with Crippen molar-refractivity contribution in [3.8, 4) is 0 Å². The second kappa shape index (κ2) is 34.6. The fraction of sp³-hybridized carbons (Fsp3) is 1.00. The van der Waals surface area contributed by atoms with Gasteiger partial charge >= 0.3 is 0 Å². The van der Waals surface area contributed by atoms with Gasteiger partial charge in [0.2, 0.25) is 0 Å². The third-order valence-corrected chi connectivity index (χ3v) is 16.9. The Morgan fingerprint density at radius 2 is 0.660 bits per heavy atom. The zero-order valence-corrected chi connectivity index (χ0v) is 37.6. The van der Waals surface area contributed by atoms with Gasteiger partial charge in [0.15, 0.2) is 0 Å². The first-order valence-corrected chi connectivity index (χ1v) is 25.8. The molecule has 10 heteroatoms. The first kappa shape index (κ1) is 51.2. The molecule has 0 fully saturated rings. The predicted octanol–water partition coefficient (Wildman–Crippen LogP) is 14.3. The van der Waals surface area contributed by atoms with E-state index < -0.39 is 11.9 Å². The summed E-state index contributed by atoms with van der Waals surface area (Å²) in [6.45, 7) is 25.0. The lowest BCUT2D eigenvalue weighted by Crippen LogP contribution is -2.47. The molecule has 0 bridgehead atoms. The molecule has 0 aromatic heterocycles. The molecular formula is C40H82O6S4. The van der Waals surface area contributed by atoms with E-state index in [2.05, 4.69) is 27.7 Å². The quantitative estimate of drug-likeness (QED) is 0.0342. The molecule has 0 amide bonds. The van der Waals surface area contributed by atoms with Gasteiger partial charge in [-0.25, -0.2) is 0 Å². The standard InChI is InChI=1S/C40H82O6S4/c1-11-21-23-25-27-29-35(39(41-15-5,42-16-6)43-17-7)31-33-37(13-3)47-49-50-48-38(14-4)34-32-36(30-28-26-24-22-12-2)40(44-18-8,45-19-9)46-20-10/h35-38H,11-34H2,1-10H3. The zero-order valence-electron chi connectivity index (χ0n) is 34.4. The molecule has 4 unspecified atom stereocenters. The average molecular weight is 787 g/mol. The van der Waals surface area contributed by atoms with Gasteiger partial charge in [-0.15, -0.1) is 0 Å². The molecule has 0 rings (SSSR count). The molecule has 50 heavy (non-hydrogen) atoms. The maximum absolute atomic E-state index is 6.30. The van der Waals surface area contributed by atoms with Gasteiger partial charge in [-0.2, -0.15) is 0 Å². The normalized spacial score (nSPS) is 15.0. The van der Waals surface area contributed by atoms with Gasteiger partial charge in [0.1, 0.15) is 0 Å². The van der Waals surface area contributed by atoms with Crippen LogP contribution in [0.4, 0.5) is 0 Å². The molecule has 302 valence electrons. The first-order chi connectivity index (χ1) is 24.4.